The summed E-state index contributed by atoms with van der Waals surface area (Å²) in [6.45, 7) is 2.18. The second-order valence-electron chi connectivity index (χ2n) is 5.30. The first kappa shape index (κ1) is 17.1. The zero-order valence-electron chi connectivity index (χ0n) is 13.5. The molecule has 0 radical (unpaired) electrons. The predicted octanol–water partition coefficient (Wildman–Crippen LogP) is 3.77. The van der Waals surface area contributed by atoms with Gasteiger partial charge in [-0.1, -0.05) is 36.4 Å². The molecular formula is C18H17N3O3S. The highest BCUT2D eigenvalue weighted by atomic mass is 32.2. The second-order valence-corrected chi connectivity index (χ2v) is 6.23. The van der Waals surface area contributed by atoms with E-state index in [4.69, 9.17) is 4.74 Å². The van der Waals surface area contributed by atoms with Gasteiger partial charge in [0.1, 0.15) is 5.75 Å². The van der Waals surface area contributed by atoms with Gasteiger partial charge in [-0.3, -0.25) is 0 Å². The van der Waals surface area contributed by atoms with Gasteiger partial charge in [-0.15, -0.1) is 0 Å². The fraction of sp³-hybridized carbons (Fsp3) is 0.111. The van der Waals surface area contributed by atoms with Crippen molar-refractivity contribution in [2.24, 2.45) is 0 Å². The first-order valence-electron chi connectivity index (χ1n) is 7.63. The van der Waals surface area contributed by atoms with Crippen LogP contribution >= 0.6 is 0 Å². The molecule has 1 atom stereocenters. The molecule has 0 saturated heterocycles. The number of rotatable bonds is 6. The molecule has 0 fully saturated rings. The number of anilines is 1. The number of ether oxygens (including phenoxy) is 1. The normalized spacial score (nSPS) is 11.8. The van der Waals surface area contributed by atoms with Gasteiger partial charge in [-0.05, 0) is 30.7 Å². The topological polar surface area (TPSA) is 84.3 Å². The summed E-state index contributed by atoms with van der Waals surface area (Å²) in [7, 11) is 0. The van der Waals surface area contributed by atoms with Crippen LogP contribution in [0.25, 0.3) is 0 Å². The maximum atomic E-state index is 11.4. The third kappa shape index (κ3) is 4.62. The van der Waals surface area contributed by atoms with Gasteiger partial charge in [-0.25, -0.2) is 9.19 Å². The van der Waals surface area contributed by atoms with Crippen molar-refractivity contribution < 1.29 is 13.5 Å². The summed E-state index contributed by atoms with van der Waals surface area (Å²) in [6, 6.07) is 18.1. The molecule has 0 bridgehead atoms. The summed E-state index contributed by atoms with van der Waals surface area (Å²) >= 11 is -2.04. The number of hydrogen-bond acceptors (Lipinski definition) is 5. The fourth-order valence-corrected chi connectivity index (χ4v) is 2.83. The van der Waals surface area contributed by atoms with E-state index in [1.54, 1.807) is 24.3 Å². The van der Waals surface area contributed by atoms with Crippen molar-refractivity contribution in [3.8, 4) is 11.6 Å². The van der Waals surface area contributed by atoms with E-state index >= 15 is 0 Å². The molecule has 0 aliphatic rings. The first-order chi connectivity index (χ1) is 12.1. The van der Waals surface area contributed by atoms with Crippen molar-refractivity contribution in [1.82, 2.24) is 9.97 Å². The minimum atomic E-state index is -2.04. The average molecular weight is 355 g/mol. The number of aromatic nitrogens is 2. The molecule has 25 heavy (non-hydrogen) atoms. The fourth-order valence-electron chi connectivity index (χ4n) is 2.27. The molecule has 0 saturated carbocycles. The number of nitrogens with one attached hydrogen (secondary N) is 1. The van der Waals surface area contributed by atoms with Gasteiger partial charge in [0.2, 0.25) is 11.8 Å². The highest BCUT2D eigenvalue weighted by molar-refractivity contribution is 7.79. The molecule has 0 spiro atoms. The number of para-hydroxylation sites is 1. The number of benzene rings is 2. The van der Waals surface area contributed by atoms with E-state index in [2.05, 4.69) is 15.3 Å². The Hall–Kier alpha value is -2.77. The minimum absolute atomic E-state index is 0.330. The molecule has 0 amide bonds. The minimum Gasteiger partial charge on any atom is -0.439 e. The van der Waals surface area contributed by atoms with Crippen LogP contribution in [0.2, 0.25) is 0 Å². The predicted molar refractivity (Wildman–Crippen MR) is 96.1 cm³/mol. The van der Waals surface area contributed by atoms with Crippen molar-refractivity contribution in [1.29, 1.82) is 0 Å². The van der Waals surface area contributed by atoms with Crippen LogP contribution in [-0.2, 0) is 17.6 Å². The van der Waals surface area contributed by atoms with Crippen LogP contribution in [0.15, 0.2) is 65.6 Å². The molecule has 2 aromatic carbocycles. The van der Waals surface area contributed by atoms with Crippen LogP contribution < -0.4 is 10.1 Å². The maximum Gasteiger partial charge on any atom is 0.226 e. The van der Waals surface area contributed by atoms with Crippen LogP contribution in [0.3, 0.4) is 0 Å². The highest BCUT2D eigenvalue weighted by Gasteiger charge is 2.09. The molecule has 2 N–H and O–H groups in total. The molecule has 0 aliphatic carbocycles. The second kappa shape index (κ2) is 7.87. The molecule has 3 rings (SSSR count). The summed E-state index contributed by atoms with van der Waals surface area (Å²) < 4.78 is 26.5. The Morgan fingerprint density at radius 3 is 2.56 bits per heavy atom. The lowest BCUT2D eigenvalue weighted by atomic mass is 10.2. The van der Waals surface area contributed by atoms with Crippen molar-refractivity contribution in [3.05, 3.63) is 71.9 Å². The molecule has 1 unspecified atom stereocenters. The third-order valence-corrected chi connectivity index (χ3v) is 4.17. The zero-order valence-corrected chi connectivity index (χ0v) is 14.4. The first-order valence-corrected chi connectivity index (χ1v) is 8.74. The van der Waals surface area contributed by atoms with E-state index in [0.717, 1.165) is 5.69 Å². The maximum absolute atomic E-state index is 11.4. The summed E-state index contributed by atoms with van der Waals surface area (Å²) in [4.78, 5) is 9.02. The van der Waals surface area contributed by atoms with E-state index in [1.165, 1.54) is 0 Å². The van der Waals surface area contributed by atoms with Gasteiger partial charge in [0, 0.05) is 18.3 Å². The monoisotopic (exact) mass is 355 g/mol. The van der Waals surface area contributed by atoms with Gasteiger partial charge in [0.25, 0.3) is 0 Å². The average Bonchev–Trinajstić information content (AvgIpc) is 2.60. The highest BCUT2D eigenvalue weighted by Crippen LogP contribution is 2.21. The Balaban J connectivity index is 1.76. The quantitative estimate of drug-likeness (QED) is 0.655. The van der Waals surface area contributed by atoms with Crippen molar-refractivity contribution >= 4 is 17.0 Å². The number of nitrogens with zero attached hydrogens (tertiary/aromatic N) is 2. The largest absolute Gasteiger partial charge is 0.439 e. The van der Waals surface area contributed by atoms with Crippen LogP contribution in [0, 0.1) is 6.92 Å². The smallest absolute Gasteiger partial charge is 0.226 e. The Bertz CT molecular complexity index is 888. The number of aryl methyl sites for hydroxylation is 1. The van der Waals surface area contributed by atoms with Crippen molar-refractivity contribution in [2.75, 3.05) is 5.32 Å². The standard InChI is InChI=1S/C18H17N3O3S/c1-13-11-17(24-15-8-3-2-4-9-15)21-18(20-13)19-12-14-7-5-6-10-16(14)25(22)23/h2-11H,12H2,1H3,(H,22,23)(H,19,20,21). The van der Waals surface area contributed by atoms with E-state index in [1.807, 2.05) is 43.3 Å². The van der Waals surface area contributed by atoms with Gasteiger partial charge >= 0.3 is 0 Å². The molecule has 1 heterocycles. The number of hydrogen-bond donors (Lipinski definition) is 2. The van der Waals surface area contributed by atoms with Crippen LogP contribution in [0.1, 0.15) is 11.3 Å². The van der Waals surface area contributed by atoms with E-state index in [-0.39, 0.29) is 0 Å². The van der Waals surface area contributed by atoms with Gasteiger partial charge in [-0.2, -0.15) is 4.98 Å². The Kier molecular flexibility index (Phi) is 5.37. The van der Waals surface area contributed by atoms with E-state index in [0.29, 0.717) is 34.6 Å². The molecule has 128 valence electrons. The SMILES string of the molecule is Cc1cc(Oc2ccccc2)nc(NCc2ccccc2S(=O)O)n1. The van der Waals surface area contributed by atoms with E-state index < -0.39 is 11.1 Å². The summed E-state index contributed by atoms with van der Waals surface area (Å²) in [5.74, 6) is 1.51. The zero-order chi connectivity index (χ0) is 17.6. The molecule has 1 aromatic heterocycles. The van der Waals surface area contributed by atoms with Gasteiger partial charge in [0.15, 0.2) is 11.1 Å². The molecular weight excluding hydrogens is 338 g/mol. The third-order valence-electron chi connectivity index (χ3n) is 3.39. The summed E-state index contributed by atoms with van der Waals surface area (Å²) in [5.41, 5.74) is 1.46. The lowest BCUT2D eigenvalue weighted by Crippen LogP contribution is -2.07. The van der Waals surface area contributed by atoms with Crippen molar-refractivity contribution in [2.45, 2.75) is 18.4 Å². The molecule has 7 heteroatoms. The van der Waals surface area contributed by atoms with Crippen LogP contribution in [-0.4, -0.2) is 18.7 Å². The van der Waals surface area contributed by atoms with Gasteiger partial charge in [0.05, 0.1) is 4.90 Å². The lowest BCUT2D eigenvalue weighted by Gasteiger charge is -2.10. The molecule has 6 nitrogen and oxygen atoms in total. The molecule has 3 aromatic rings. The van der Waals surface area contributed by atoms with E-state index in [9.17, 15) is 8.76 Å². The Labute approximate surface area is 148 Å². The van der Waals surface area contributed by atoms with Crippen LogP contribution in [0.5, 0.6) is 11.6 Å². The van der Waals surface area contributed by atoms with Crippen LogP contribution in [0.4, 0.5) is 5.95 Å². The Morgan fingerprint density at radius 1 is 1.08 bits per heavy atom. The van der Waals surface area contributed by atoms with Crippen molar-refractivity contribution in [3.63, 3.8) is 0 Å². The van der Waals surface area contributed by atoms with Gasteiger partial charge < -0.3 is 14.6 Å². The summed E-state index contributed by atoms with van der Waals surface area (Å²) in [5, 5.41) is 3.08. The molecule has 0 aliphatic heterocycles. The lowest BCUT2D eigenvalue weighted by molar-refractivity contribution is 0.461. The Morgan fingerprint density at radius 2 is 1.80 bits per heavy atom. The summed E-state index contributed by atoms with van der Waals surface area (Å²) in [6.07, 6.45) is 0.